The zero-order chi connectivity index (χ0) is 15.6. The third kappa shape index (κ3) is 3.65. The fraction of sp³-hybridized carbons (Fsp3) is 0.400. The van der Waals surface area contributed by atoms with Gasteiger partial charge in [0.05, 0.1) is 20.9 Å². The monoisotopic (exact) mass is 373 g/mol. The molecule has 114 valence electrons. The van der Waals surface area contributed by atoms with Crippen LogP contribution in [0.15, 0.2) is 22.7 Å². The van der Waals surface area contributed by atoms with Crippen molar-refractivity contribution in [3.05, 3.63) is 50.5 Å². The standard InChI is InChI=1S/C15H18BrClFN3/c1-4-19-13(10-5-6-11(17)12(18)7-10)8-14-15(16)9(2)20-21(14)3/h5-7,13,19H,4,8H2,1-3H3. The minimum Gasteiger partial charge on any atom is -0.310 e. The average molecular weight is 375 g/mol. The number of likely N-dealkylation sites (N-methyl/N-ethyl adjacent to an activating group) is 1. The van der Waals surface area contributed by atoms with Crippen molar-refractivity contribution >= 4 is 27.5 Å². The maximum Gasteiger partial charge on any atom is 0.142 e. The molecule has 21 heavy (non-hydrogen) atoms. The molecule has 0 amide bonds. The molecule has 0 aliphatic carbocycles. The van der Waals surface area contributed by atoms with Crippen LogP contribution in [0.1, 0.15) is 29.9 Å². The van der Waals surface area contributed by atoms with Crippen LogP contribution in [0, 0.1) is 12.7 Å². The highest BCUT2D eigenvalue weighted by Gasteiger charge is 2.18. The second-order valence-electron chi connectivity index (χ2n) is 4.96. The quantitative estimate of drug-likeness (QED) is 0.851. The summed E-state index contributed by atoms with van der Waals surface area (Å²) in [6, 6.07) is 4.95. The number of benzene rings is 1. The first kappa shape index (κ1) is 16.5. The Morgan fingerprint density at radius 1 is 1.48 bits per heavy atom. The van der Waals surface area contributed by atoms with Gasteiger partial charge in [0.1, 0.15) is 5.82 Å². The topological polar surface area (TPSA) is 29.9 Å². The molecule has 2 rings (SSSR count). The summed E-state index contributed by atoms with van der Waals surface area (Å²) < 4.78 is 16.6. The first-order chi connectivity index (χ1) is 9.93. The van der Waals surface area contributed by atoms with E-state index in [1.807, 2.05) is 31.6 Å². The largest absolute Gasteiger partial charge is 0.310 e. The Morgan fingerprint density at radius 2 is 2.19 bits per heavy atom. The van der Waals surface area contributed by atoms with Gasteiger partial charge in [-0.25, -0.2) is 4.39 Å². The molecule has 1 aromatic carbocycles. The molecule has 0 bridgehead atoms. The Labute approximate surface area is 137 Å². The molecule has 0 aliphatic rings. The van der Waals surface area contributed by atoms with Crippen LogP contribution in [0.3, 0.4) is 0 Å². The van der Waals surface area contributed by atoms with Crippen LogP contribution in [0.25, 0.3) is 0 Å². The summed E-state index contributed by atoms with van der Waals surface area (Å²) in [5.74, 6) is -0.391. The predicted octanol–water partition coefficient (Wildman–Crippen LogP) is 4.18. The number of hydrogen-bond acceptors (Lipinski definition) is 2. The Hall–Kier alpha value is -0.910. The van der Waals surface area contributed by atoms with Gasteiger partial charge in [0, 0.05) is 19.5 Å². The first-order valence-electron chi connectivity index (χ1n) is 6.80. The van der Waals surface area contributed by atoms with Crippen LogP contribution in [0.4, 0.5) is 4.39 Å². The Kier molecular flexibility index (Phi) is 5.41. The fourth-order valence-corrected chi connectivity index (χ4v) is 2.99. The fourth-order valence-electron chi connectivity index (χ4n) is 2.38. The average Bonchev–Trinajstić information content (AvgIpc) is 2.68. The second-order valence-corrected chi connectivity index (χ2v) is 6.16. The highest BCUT2D eigenvalue weighted by molar-refractivity contribution is 9.10. The summed E-state index contributed by atoms with van der Waals surface area (Å²) in [4.78, 5) is 0. The Bertz CT molecular complexity index is 642. The lowest BCUT2D eigenvalue weighted by atomic mass is 10.0. The van der Waals surface area contributed by atoms with Crippen molar-refractivity contribution in [1.82, 2.24) is 15.1 Å². The van der Waals surface area contributed by atoms with E-state index < -0.39 is 5.82 Å². The van der Waals surface area contributed by atoms with Crippen LogP contribution in [0.2, 0.25) is 5.02 Å². The summed E-state index contributed by atoms with van der Waals surface area (Å²) in [7, 11) is 1.92. The summed E-state index contributed by atoms with van der Waals surface area (Å²) in [5.41, 5.74) is 2.91. The van der Waals surface area contributed by atoms with Gasteiger partial charge in [0.15, 0.2) is 0 Å². The van der Waals surface area contributed by atoms with Crippen molar-refractivity contribution in [2.24, 2.45) is 7.05 Å². The molecule has 0 spiro atoms. The van der Waals surface area contributed by atoms with Gasteiger partial charge in [-0.2, -0.15) is 5.10 Å². The molecule has 2 aromatic rings. The van der Waals surface area contributed by atoms with Crippen molar-refractivity contribution in [2.45, 2.75) is 26.3 Å². The van der Waals surface area contributed by atoms with E-state index in [0.29, 0.717) is 6.42 Å². The summed E-state index contributed by atoms with van der Waals surface area (Å²) in [6.45, 7) is 4.78. The van der Waals surface area contributed by atoms with Crippen LogP contribution >= 0.6 is 27.5 Å². The third-order valence-electron chi connectivity index (χ3n) is 3.46. The lowest BCUT2D eigenvalue weighted by molar-refractivity contribution is 0.523. The molecule has 1 heterocycles. The lowest BCUT2D eigenvalue weighted by Crippen LogP contribution is -2.24. The zero-order valence-electron chi connectivity index (χ0n) is 12.3. The molecule has 1 atom stereocenters. The van der Waals surface area contributed by atoms with Gasteiger partial charge in [-0.3, -0.25) is 4.68 Å². The second kappa shape index (κ2) is 6.90. The predicted molar refractivity (Wildman–Crippen MR) is 87.2 cm³/mol. The van der Waals surface area contributed by atoms with E-state index in [9.17, 15) is 4.39 Å². The molecule has 3 nitrogen and oxygen atoms in total. The molecule has 1 N–H and O–H groups in total. The van der Waals surface area contributed by atoms with Crippen LogP contribution in [0.5, 0.6) is 0 Å². The van der Waals surface area contributed by atoms with Gasteiger partial charge in [-0.1, -0.05) is 24.6 Å². The van der Waals surface area contributed by atoms with Crippen molar-refractivity contribution in [2.75, 3.05) is 6.54 Å². The van der Waals surface area contributed by atoms with Crippen LogP contribution < -0.4 is 5.32 Å². The molecule has 1 aromatic heterocycles. The molecule has 0 saturated carbocycles. The van der Waals surface area contributed by atoms with Crippen molar-refractivity contribution in [3.63, 3.8) is 0 Å². The maximum atomic E-state index is 13.7. The highest BCUT2D eigenvalue weighted by atomic mass is 79.9. The molecular weight excluding hydrogens is 357 g/mol. The van der Waals surface area contributed by atoms with E-state index in [-0.39, 0.29) is 11.1 Å². The van der Waals surface area contributed by atoms with Gasteiger partial charge in [0.25, 0.3) is 0 Å². The minimum absolute atomic E-state index is 0.00728. The third-order valence-corrected chi connectivity index (χ3v) is 4.79. The maximum absolute atomic E-state index is 13.7. The van der Waals surface area contributed by atoms with Gasteiger partial charge < -0.3 is 5.32 Å². The van der Waals surface area contributed by atoms with Crippen molar-refractivity contribution in [3.8, 4) is 0 Å². The molecule has 0 fully saturated rings. The smallest absolute Gasteiger partial charge is 0.142 e. The van der Waals surface area contributed by atoms with E-state index in [1.165, 1.54) is 6.07 Å². The number of nitrogens with zero attached hydrogens (tertiary/aromatic N) is 2. The lowest BCUT2D eigenvalue weighted by Gasteiger charge is -2.19. The minimum atomic E-state index is -0.391. The Morgan fingerprint density at radius 3 is 2.71 bits per heavy atom. The summed E-state index contributed by atoms with van der Waals surface area (Å²) >= 11 is 9.33. The van der Waals surface area contributed by atoms with E-state index in [0.717, 1.165) is 28.0 Å². The number of aromatic nitrogens is 2. The van der Waals surface area contributed by atoms with Crippen LogP contribution in [-0.2, 0) is 13.5 Å². The Balaban J connectivity index is 2.32. The molecule has 0 aliphatic heterocycles. The number of aryl methyl sites for hydroxylation is 2. The molecule has 0 saturated heterocycles. The van der Waals surface area contributed by atoms with E-state index in [2.05, 4.69) is 26.3 Å². The number of rotatable bonds is 5. The van der Waals surface area contributed by atoms with Crippen molar-refractivity contribution < 1.29 is 4.39 Å². The molecule has 6 heteroatoms. The SMILES string of the molecule is CCNC(Cc1c(Br)c(C)nn1C)c1ccc(Cl)c(F)c1. The summed E-state index contributed by atoms with van der Waals surface area (Å²) in [5, 5.41) is 7.93. The number of halogens is 3. The van der Waals surface area contributed by atoms with Gasteiger partial charge in [-0.05, 0) is 47.1 Å². The van der Waals surface area contributed by atoms with Gasteiger partial charge in [0.2, 0.25) is 0 Å². The van der Waals surface area contributed by atoms with E-state index in [1.54, 1.807) is 6.07 Å². The number of nitrogens with one attached hydrogen (secondary N) is 1. The van der Waals surface area contributed by atoms with E-state index in [4.69, 9.17) is 11.6 Å². The van der Waals surface area contributed by atoms with E-state index >= 15 is 0 Å². The number of hydrogen-bond donors (Lipinski definition) is 1. The van der Waals surface area contributed by atoms with Crippen LogP contribution in [-0.4, -0.2) is 16.3 Å². The highest BCUT2D eigenvalue weighted by Crippen LogP contribution is 2.27. The zero-order valence-corrected chi connectivity index (χ0v) is 14.6. The summed E-state index contributed by atoms with van der Waals surface area (Å²) in [6.07, 6.45) is 0.715. The van der Waals surface area contributed by atoms with Gasteiger partial charge in [-0.15, -0.1) is 0 Å². The van der Waals surface area contributed by atoms with Gasteiger partial charge >= 0.3 is 0 Å². The first-order valence-corrected chi connectivity index (χ1v) is 7.97. The normalized spacial score (nSPS) is 12.7. The molecule has 0 radical (unpaired) electrons. The molecule has 1 unspecified atom stereocenters. The molecular formula is C15H18BrClFN3. The van der Waals surface area contributed by atoms with Crippen molar-refractivity contribution in [1.29, 1.82) is 0 Å².